The van der Waals surface area contributed by atoms with Gasteiger partial charge in [0.05, 0.1) is 12.7 Å². The Labute approximate surface area is 190 Å². The molecule has 2 amide bonds. The fourth-order valence-corrected chi connectivity index (χ4v) is 3.88. The molecule has 2 aromatic rings. The van der Waals surface area contributed by atoms with E-state index in [1.165, 1.54) is 0 Å². The van der Waals surface area contributed by atoms with Crippen molar-refractivity contribution in [3.05, 3.63) is 65.0 Å². The Kier molecular flexibility index (Phi) is 8.76. The number of rotatable bonds is 9. The zero-order chi connectivity index (χ0) is 22.9. The molecule has 1 saturated heterocycles. The van der Waals surface area contributed by atoms with Crippen LogP contribution in [0.4, 0.5) is 0 Å². The van der Waals surface area contributed by atoms with Crippen molar-refractivity contribution in [2.45, 2.75) is 45.3 Å². The Balaban J connectivity index is 1.58. The van der Waals surface area contributed by atoms with Gasteiger partial charge in [0.15, 0.2) is 0 Å². The van der Waals surface area contributed by atoms with Crippen LogP contribution >= 0.6 is 0 Å². The number of carbonyl (C=O) groups excluding carboxylic acids is 2. The third-order valence-corrected chi connectivity index (χ3v) is 5.72. The highest BCUT2D eigenvalue weighted by atomic mass is 16.5. The summed E-state index contributed by atoms with van der Waals surface area (Å²) in [6.45, 7) is 7.65. The molecule has 7 heteroatoms. The van der Waals surface area contributed by atoms with Crippen molar-refractivity contribution >= 4 is 11.8 Å². The maximum atomic E-state index is 12.8. The SMILES string of the molecule is CNC(=O)c1cc(C(=O)NCCC[C@H]2CN(C(C)C)CCO2)cc(Cc2ccccc2)n1. The van der Waals surface area contributed by atoms with Crippen molar-refractivity contribution in [3.63, 3.8) is 0 Å². The molecule has 2 heterocycles. The van der Waals surface area contributed by atoms with Crippen LogP contribution < -0.4 is 10.6 Å². The molecule has 2 N–H and O–H groups in total. The molecule has 32 heavy (non-hydrogen) atoms. The average molecular weight is 439 g/mol. The lowest BCUT2D eigenvalue weighted by atomic mass is 10.1. The van der Waals surface area contributed by atoms with Crippen molar-refractivity contribution in [1.82, 2.24) is 20.5 Å². The summed E-state index contributed by atoms with van der Waals surface area (Å²) in [7, 11) is 1.56. The first-order chi connectivity index (χ1) is 15.5. The second-order valence-corrected chi connectivity index (χ2v) is 8.45. The van der Waals surface area contributed by atoms with E-state index in [1.54, 1.807) is 19.2 Å². The van der Waals surface area contributed by atoms with Crippen molar-refractivity contribution < 1.29 is 14.3 Å². The molecule has 7 nitrogen and oxygen atoms in total. The summed E-state index contributed by atoms with van der Waals surface area (Å²) in [5.41, 5.74) is 2.45. The fraction of sp³-hybridized carbons (Fsp3) is 0.480. The molecular formula is C25H34N4O3. The van der Waals surface area contributed by atoms with Gasteiger partial charge in [0.1, 0.15) is 5.69 Å². The summed E-state index contributed by atoms with van der Waals surface area (Å²) >= 11 is 0. The predicted octanol–water partition coefficient (Wildman–Crippen LogP) is 2.65. The van der Waals surface area contributed by atoms with Crippen LogP contribution in [0.5, 0.6) is 0 Å². The maximum Gasteiger partial charge on any atom is 0.269 e. The number of nitrogens with zero attached hydrogens (tertiary/aromatic N) is 2. The smallest absolute Gasteiger partial charge is 0.269 e. The number of nitrogens with one attached hydrogen (secondary N) is 2. The minimum absolute atomic E-state index is 0.194. The lowest BCUT2D eigenvalue weighted by Gasteiger charge is -2.35. The molecule has 0 radical (unpaired) electrons. The first-order valence-corrected chi connectivity index (χ1v) is 11.4. The lowest BCUT2D eigenvalue weighted by Crippen LogP contribution is -2.45. The van der Waals surface area contributed by atoms with E-state index in [0.29, 0.717) is 30.3 Å². The average Bonchev–Trinajstić information content (AvgIpc) is 2.81. The highest BCUT2D eigenvalue weighted by Gasteiger charge is 2.22. The van der Waals surface area contributed by atoms with Crippen molar-refractivity contribution in [2.75, 3.05) is 33.3 Å². The van der Waals surface area contributed by atoms with Crippen molar-refractivity contribution in [2.24, 2.45) is 0 Å². The van der Waals surface area contributed by atoms with E-state index in [9.17, 15) is 9.59 Å². The standard InChI is InChI=1S/C25H34N4O3/c1-18(2)29-12-13-32-22(17-29)10-7-11-27-24(30)20-15-21(14-19-8-5-4-6-9-19)28-23(16-20)25(31)26-3/h4-6,8-9,15-16,18,22H,7,10-14,17H2,1-3H3,(H,26,31)(H,27,30)/t22-/m0/s1. The third kappa shape index (κ3) is 6.87. The summed E-state index contributed by atoms with van der Waals surface area (Å²) < 4.78 is 5.87. The van der Waals surface area contributed by atoms with Gasteiger partial charge in [0, 0.05) is 50.4 Å². The van der Waals surface area contributed by atoms with E-state index in [0.717, 1.165) is 38.1 Å². The van der Waals surface area contributed by atoms with Gasteiger partial charge in [-0.15, -0.1) is 0 Å². The van der Waals surface area contributed by atoms with E-state index >= 15 is 0 Å². The molecule has 1 aromatic carbocycles. The number of hydrogen-bond acceptors (Lipinski definition) is 5. The van der Waals surface area contributed by atoms with E-state index in [-0.39, 0.29) is 23.6 Å². The summed E-state index contributed by atoms with van der Waals surface area (Å²) in [5.74, 6) is -0.502. The number of ether oxygens (including phenoxy) is 1. The van der Waals surface area contributed by atoms with Crippen LogP contribution in [0.15, 0.2) is 42.5 Å². The van der Waals surface area contributed by atoms with Crippen LogP contribution in [0, 0.1) is 0 Å². The van der Waals surface area contributed by atoms with Gasteiger partial charge < -0.3 is 15.4 Å². The molecule has 0 unspecified atom stereocenters. The second kappa shape index (κ2) is 11.7. The predicted molar refractivity (Wildman–Crippen MR) is 125 cm³/mol. The van der Waals surface area contributed by atoms with E-state index in [1.807, 2.05) is 30.3 Å². The third-order valence-electron chi connectivity index (χ3n) is 5.72. The van der Waals surface area contributed by atoms with E-state index in [4.69, 9.17) is 4.74 Å². The topological polar surface area (TPSA) is 83.6 Å². The highest BCUT2D eigenvalue weighted by molar-refractivity contribution is 5.98. The van der Waals surface area contributed by atoms with Gasteiger partial charge >= 0.3 is 0 Å². The largest absolute Gasteiger partial charge is 0.376 e. The van der Waals surface area contributed by atoms with Gasteiger partial charge in [0.25, 0.3) is 11.8 Å². The van der Waals surface area contributed by atoms with Crippen LogP contribution in [-0.2, 0) is 11.2 Å². The van der Waals surface area contributed by atoms with Crippen LogP contribution in [0.3, 0.4) is 0 Å². The quantitative estimate of drug-likeness (QED) is 0.588. The summed E-state index contributed by atoms with van der Waals surface area (Å²) in [6.07, 6.45) is 2.51. The van der Waals surface area contributed by atoms with Crippen molar-refractivity contribution in [1.29, 1.82) is 0 Å². The van der Waals surface area contributed by atoms with Gasteiger partial charge in [-0.2, -0.15) is 0 Å². The minimum Gasteiger partial charge on any atom is -0.376 e. The highest BCUT2D eigenvalue weighted by Crippen LogP contribution is 2.14. The molecule has 3 rings (SSSR count). The monoisotopic (exact) mass is 438 g/mol. The Morgan fingerprint density at radius 3 is 2.69 bits per heavy atom. The maximum absolute atomic E-state index is 12.8. The molecule has 1 aromatic heterocycles. The molecule has 0 spiro atoms. The lowest BCUT2D eigenvalue weighted by molar-refractivity contribution is -0.0424. The number of amides is 2. The molecule has 1 aliphatic rings. The normalized spacial score (nSPS) is 16.7. The van der Waals surface area contributed by atoms with Crippen LogP contribution in [0.1, 0.15) is 58.8 Å². The summed E-state index contributed by atoms with van der Waals surface area (Å²) in [4.78, 5) is 31.9. The van der Waals surface area contributed by atoms with E-state index in [2.05, 4.69) is 34.4 Å². The fourth-order valence-electron chi connectivity index (χ4n) is 3.88. The summed E-state index contributed by atoms with van der Waals surface area (Å²) in [5, 5.41) is 5.57. The first kappa shape index (κ1) is 23.9. The van der Waals surface area contributed by atoms with Gasteiger partial charge in [-0.25, -0.2) is 4.98 Å². The Morgan fingerprint density at radius 2 is 1.97 bits per heavy atom. The zero-order valence-corrected chi connectivity index (χ0v) is 19.3. The number of pyridine rings is 1. The van der Waals surface area contributed by atoms with Crippen LogP contribution in [0.25, 0.3) is 0 Å². The van der Waals surface area contributed by atoms with Crippen LogP contribution in [0.2, 0.25) is 0 Å². The number of aromatic nitrogens is 1. The number of hydrogen-bond donors (Lipinski definition) is 2. The molecule has 0 saturated carbocycles. The Bertz CT molecular complexity index is 901. The molecule has 0 aliphatic carbocycles. The van der Waals surface area contributed by atoms with Crippen molar-refractivity contribution in [3.8, 4) is 0 Å². The number of morpholine rings is 1. The number of benzene rings is 1. The van der Waals surface area contributed by atoms with Gasteiger partial charge in [-0.3, -0.25) is 14.5 Å². The number of carbonyl (C=O) groups is 2. The molecule has 1 fully saturated rings. The van der Waals surface area contributed by atoms with Gasteiger partial charge in [0.2, 0.25) is 0 Å². The zero-order valence-electron chi connectivity index (χ0n) is 19.3. The Hall–Kier alpha value is -2.77. The minimum atomic E-state index is -0.307. The van der Waals surface area contributed by atoms with Gasteiger partial charge in [-0.05, 0) is 44.4 Å². The van der Waals surface area contributed by atoms with Gasteiger partial charge in [-0.1, -0.05) is 30.3 Å². The molecule has 172 valence electrons. The van der Waals surface area contributed by atoms with Crippen LogP contribution in [-0.4, -0.2) is 67.1 Å². The summed E-state index contributed by atoms with van der Waals surface area (Å²) in [6, 6.07) is 13.7. The Morgan fingerprint density at radius 1 is 1.19 bits per heavy atom. The molecule has 1 atom stereocenters. The molecule has 1 aliphatic heterocycles. The molecular weight excluding hydrogens is 404 g/mol. The first-order valence-electron chi connectivity index (χ1n) is 11.4. The second-order valence-electron chi connectivity index (χ2n) is 8.45. The van der Waals surface area contributed by atoms with E-state index < -0.39 is 0 Å². The molecule has 0 bridgehead atoms.